The molecule has 0 fully saturated rings. The van der Waals surface area contributed by atoms with Gasteiger partial charge in [0.2, 0.25) is 0 Å². The van der Waals surface area contributed by atoms with Crippen LogP contribution in [0.15, 0.2) is 34.8 Å². The number of hydrogen-bond acceptors (Lipinski definition) is 2. The Hall–Kier alpha value is -1.19. The van der Waals surface area contributed by atoms with Crippen LogP contribution in [0.25, 0.3) is 0 Å². The molecular weight excluding hydrogens is 273 g/mol. The molecular formula is C13H15Cl2NO2. The lowest BCUT2D eigenvalue weighted by molar-refractivity contribution is -0.136. The van der Waals surface area contributed by atoms with Crippen molar-refractivity contribution >= 4 is 34.9 Å². The van der Waals surface area contributed by atoms with E-state index < -0.39 is 5.97 Å². The number of rotatable bonds is 6. The summed E-state index contributed by atoms with van der Waals surface area (Å²) >= 11 is 11.4. The van der Waals surface area contributed by atoms with Crippen LogP contribution in [0.2, 0.25) is 0 Å². The Balaban J connectivity index is 2.81. The molecule has 0 atom stereocenters. The van der Waals surface area contributed by atoms with Crippen LogP contribution in [0.1, 0.15) is 12.0 Å². The predicted octanol–water partition coefficient (Wildman–Crippen LogP) is 3.60. The molecule has 0 aliphatic rings. The lowest BCUT2D eigenvalue weighted by Gasteiger charge is -2.23. The van der Waals surface area contributed by atoms with Crippen LogP contribution in [0, 0.1) is 6.92 Å². The van der Waals surface area contributed by atoms with E-state index in [0.717, 1.165) is 11.3 Å². The van der Waals surface area contributed by atoms with Crippen molar-refractivity contribution in [2.75, 3.05) is 18.0 Å². The summed E-state index contributed by atoms with van der Waals surface area (Å²) in [6.45, 7) is 2.79. The Kier molecular flexibility index (Phi) is 6.02. The molecule has 1 rings (SSSR count). The van der Waals surface area contributed by atoms with Gasteiger partial charge in [-0.1, -0.05) is 40.9 Å². The average Bonchev–Trinajstić information content (AvgIpc) is 2.35. The number of hydrogen-bond donors (Lipinski definition) is 1. The van der Waals surface area contributed by atoms with Gasteiger partial charge in [-0.3, -0.25) is 4.79 Å². The first-order valence-electron chi connectivity index (χ1n) is 5.51. The quantitative estimate of drug-likeness (QED) is 0.869. The van der Waals surface area contributed by atoms with Crippen LogP contribution in [-0.2, 0) is 4.79 Å². The molecule has 1 N–H and O–H groups in total. The Morgan fingerprint density at radius 3 is 2.50 bits per heavy atom. The summed E-state index contributed by atoms with van der Waals surface area (Å²) in [5, 5.41) is 9.22. The van der Waals surface area contributed by atoms with Crippen LogP contribution < -0.4 is 4.90 Å². The van der Waals surface area contributed by atoms with Gasteiger partial charge in [0.15, 0.2) is 0 Å². The third kappa shape index (κ3) is 4.98. The molecule has 0 amide bonds. The molecule has 98 valence electrons. The summed E-state index contributed by atoms with van der Waals surface area (Å²) in [6, 6.07) is 7.83. The van der Waals surface area contributed by atoms with Gasteiger partial charge in [0.1, 0.15) is 0 Å². The van der Waals surface area contributed by atoms with E-state index in [1.807, 2.05) is 36.1 Å². The minimum atomic E-state index is -0.835. The molecule has 0 unspecified atom stereocenters. The zero-order valence-electron chi connectivity index (χ0n) is 10.1. The summed E-state index contributed by atoms with van der Waals surface area (Å²) in [4.78, 5) is 12.5. The number of carboxylic acids is 1. The molecule has 0 saturated carbocycles. The zero-order chi connectivity index (χ0) is 13.5. The maximum Gasteiger partial charge on any atom is 0.305 e. The van der Waals surface area contributed by atoms with Gasteiger partial charge >= 0.3 is 5.97 Å². The number of aryl methyl sites for hydroxylation is 1. The van der Waals surface area contributed by atoms with Crippen molar-refractivity contribution < 1.29 is 9.90 Å². The largest absolute Gasteiger partial charge is 0.481 e. The van der Waals surface area contributed by atoms with E-state index in [1.165, 1.54) is 5.54 Å². The number of aliphatic carboxylic acids is 1. The predicted molar refractivity (Wildman–Crippen MR) is 75.4 cm³/mol. The highest BCUT2D eigenvalue weighted by molar-refractivity contribution is 6.36. The van der Waals surface area contributed by atoms with Crippen molar-refractivity contribution in [3.63, 3.8) is 0 Å². The molecule has 0 heterocycles. The number of anilines is 1. The minimum Gasteiger partial charge on any atom is -0.481 e. The lowest BCUT2D eigenvalue weighted by atomic mass is 10.2. The Morgan fingerprint density at radius 2 is 2.00 bits per heavy atom. The fraction of sp³-hybridized carbons (Fsp3) is 0.308. The third-order valence-electron chi connectivity index (χ3n) is 2.46. The van der Waals surface area contributed by atoms with Gasteiger partial charge in [-0.15, -0.1) is 0 Å². The van der Waals surface area contributed by atoms with E-state index >= 15 is 0 Å². The van der Waals surface area contributed by atoms with Crippen LogP contribution in [-0.4, -0.2) is 24.2 Å². The van der Waals surface area contributed by atoms with Crippen molar-refractivity contribution in [3.8, 4) is 0 Å². The molecule has 3 nitrogen and oxygen atoms in total. The van der Waals surface area contributed by atoms with E-state index in [4.69, 9.17) is 28.3 Å². The SMILES string of the molecule is Cc1ccc(N(CCC(=O)O)CC(Cl)=CCl)cc1. The highest BCUT2D eigenvalue weighted by atomic mass is 35.5. The molecule has 0 radical (unpaired) electrons. The second kappa shape index (κ2) is 7.29. The van der Waals surface area contributed by atoms with Gasteiger partial charge in [-0.05, 0) is 19.1 Å². The van der Waals surface area contributed by atoms with E-state index in [2.05, 4.69) is 0 Å². The third-order valence-corrected chi connectivity index (χ3v) is 3.06. The molecule has 0 saturated heterocycles. The highest BCUT2D eigenvalue weighted by Gasteiger charge is 2.10. The zero-order valence-corrected chi connectivity index (χ0v) is 11.6. The minimum absolute atomic E-state index is 0.0559. The maximum absolute atomic E-state index is 10.6. The number of carboxylic acid groups (broad SMARTS) is 1. The molecule has 18 heavy (non-hydrogen) atoms. The first kappa shape index (κ1) is 14.9. The molecule has 1 aromatic rings. The average molecular weight is 288 g/mol. The van der Waals surface area contributed by atoms with Crippen molar-refractivity contribution in [1.29, 1.82) is 0 Å². The molecule has 5 heteroatoms. The standard InChI is InChI=1S/C13H15Cl2NO2/c1-10-2-4-12(5-3-10)16(7-6-13(17)18)9-11(15)8-14/h2-5,8H,6-7,9H2,1H3,(H,17,18). The normalized spacial score (nSPS) is 11.4. The molecule has 0 spiro atoms. The summed E-state index contributed by atoms with van der Waals surface area (Å²) in [5.74, 6) is -0.835. The van der Waals surface area contributed by atoms with Gasteiger partial charge in [0, 0.05) is 22.8 Å². The second-order valence-electron chi connectivity index (χ2n) is 3.96. The van der Waals surface area contributed by atoms with Crippen molar-refractivity contribution in [3.05, 3.63) is 40.4 Å². The number of benzene rings is 1. The monoisotopic (exact) mass is 287 g/mol. The fourth-order valence-electron chi connectivity index (χ4n) is 1.50. The summed E-state index contributed by atoms with van der Waals surface area (Å²) in [5.41, 5.74) is 3.37. The first-order valence-corrected chi connectivity index (χ1v) is 6.32. The Bertz CT molecular complexity index is 429. The van der Waals surface area contributed by atoms with Crippen LogP contribution in [0.3, 0.4) is 0 Å². The van der Waals surface area contributed by atoms with Gasteiger partial charge in [-0.2, -0.15) is 0 Å². The first-order chi connectivity index (χ1) is 8.52. The topological polar surface area (TPSA) is 40.5 Å². The van der Waals surface area contributed by atoms with E-state index in [1.54, 1.807) is 0 Å². The summed E-state index contributed by atoms with van der Waals surface area (Å²) < 4.78 is 0. The fourth-order valence-corrected chi connectivity index (χ4v) is 1.72. The summed E-state index contributed by atoms with van der Waals surface area (Å²) in [7, 11) is 0. The van der Waals surface area contributed by atoms with Gasteiger partial charge in [0.05, 0.1) is 13.0 Å². The van der Waals surface area contributed by atoms with Crippen molar-refractivity contribution in [2.24, 2.45) is 0 Å². The number of nitrogens with zero attached hydrogens (tertiary/aromatic N) is 1. The second-order valence-corrected chi connectivity index (χ2v) is 4.66. The van der Waals surface area contributed by atoms with E-state index in [9.17, 15) is 4.79 Å². The maximum atomic E-state index is 10.6. The molecule has 0 bridgehead atoms. The lowest BCUT2D eigenvalue weighted by Crippen LogP contribution is -2.27. The number of carbonyl (C=O) groups is 1. The molecule has 1 aromatic carbocycles. The van der Waals surface area contributed by atoms with Gasteiger partial charge in [-0.25, -0.2) is 0 Å². The van der Waals surface area contributed by atoms with Crippen LogP contribution in [0.4, 0.5) is 5.69 Å². The van der Waals surface area contributed by atoms with E-state index in [-0.39, 0.29) is 6.42 Å². The molecule has 0 aliphatic heterocycles. The molecule has 0 aliphatic carbocycles. The summed E-state index contributed by atoms with van der Waals surface area (Å²) in [6.07, 6.45) is 0.0559. The van der Waals surface area contributed by atoms with Gasteiger partial charge < -0.3 is 10.0 Å². The molecule has 0 aromatic heterocycles. The number of halogens is 2. The van der Waals surface area contributed by atoms with E-state index in [0.29, 0.717) is 18.1 Å². The van der Waals surface area contributed by atoms with Gasteiger partial charge in [0.25, 0.3) is 0 Å². The van der Waals surface area contributed by atoms with Crippen LogP contribution in [0.5, 0.6) is 0 Å². The van der Waals surface area contributed by atoms with Crippen LogP contribution >= 0.6 is 23.2 Å². The van der Waals surface area contributed by atoms with Crippen molar-refractivity contribution in [1.82, 2.24) is 0 Å². The Morgan fingerprint density at radius 1 is 1.39 bits per heavy atom. The van der Waals surface area contributed by atoms with Crippen molar-refractivity contribution in [2.45, 2.75) is 13.3 Å². The highest BCUT2D eigenvalue weighted by Crippen LogP contribution is 2.18. The smallest absolute Gasteiger partial charge is 0.305 e. The Labute approximate surface area is 117 Å².